The van der Waals surface area contributed by atoms with E-state index in [1.165, 1.54) is 17.5 Å². The van der Waals surface area contributed by atoms with Gasteiger partial charge in [-0.15, -0.1) is 0 Å². The topological polar surface area (TPSA) is 73.6 Å². The third-order valence-electron chi connectivity index (χ3n) is 2.08. The van der Waals surface area contributed by atoms with E-state index < -0.39 is 0 Å². The molecule has 0 unspecified atom stereocenters. The molecular weight excluding hydrogens is 234 g/mol. The molecule has 0 aliphatic rings. The number of benzene rings is 1. The number of hydrogen-bond donors (Lipinski definition) is 2. The maximum absolute atomic E-state index is 5.69. The summed E-state index contributed by atoms with van der Waals surface area (Å²) in [5, 5.41) is 0. The number of amidine groups is 1. The number of rotatable bonds is 6. The van der Waals surface area contributed by atoms with Crippen LogP contribution < -0.4 is 16.2 Å². The summed E-state index contributed by atoms with van der Waals surface area (Å²) in [6.45, 7) is 4.87. The van der Waals surface area contributed by atoms with Gasteiger partial charge in [-0.2, -0.15) is 0 Å². The molecule has 1 aromatic carbocycles. The highest BCUT2D eigenvalue weighted by Gasteiger charge is 2.03. The highest BCUT2D eigenvalue weighted by molar-refractivity contribution is 7.97. The number of nitrogens with zero attached hydrogens (tertiary/aromatic N) is 1. The highest BCUT2D eigenvalue weighted by Crippen LogP contribution is 2.22. The van der Waals surface area contributed by atoms with Crippen LogP contribution in [0.5, 0.6) is 5.75 Å². The van der Waals surface area contributed by atoms with Gasteiger partial charge in [0.1, 0.15) is 11.6 Å². The molecule has 0 heterocycles. The van der Waals surface area contributed by atoms with Crippen molar-refractivity contribution < 1.29 is 4.74 Å². The van der Waals surface area contributed by atoms with Gasteiger partial charge in [-0.25, -0.2) is 4.40 Å². The van der Waals surface area contributed by atoms with Crippen LogP contribution in [0, 0.1) is 0 Å². The molecule has 0 aliphatic heterocycles. The minimum Gasteiger partial charge on any atom is -0.494 e. The number of ether oxygens (including phenoxy) is 1. The van der Waals surface area contributed by atoms with Gasteiger partial charge in [-0.1, -0.05) is 6.07 Å². The van der Waals surface area contributed by atoms with Crippen molar-refractivity contribution in [2.24, 2.45) is 15.9 Å². The first-order valence-corrected chi connectivity index (χ1v) is 6.48. The number of nitrogens with two attached hydrogens (primary N) is 2. The first kappa shape index (κ1) is 13.9. The van der Waals surface area contributed by atoms with Crippen LogP contribution in [-0.4, -0.2) is 12.4 Å². The molecule has 0 saturated heterocycles. The summed E-state index contributed by atoms with van der Waals surface area (Å²) in [4.78, 5) is 0. The zero-order valence-electron chi connectivity index (χ0n) is 10.3. The van der Waals surface area contributed by atoms with Crippen molar-refractivity contribution in [3.63, 3.8) is 0 Å². The molecule has 0 saturated carbocycles. The lowest BCUT2D eigenvalue weighted by molar-refractivity contribution is 0.336. The van der Waals surface area contributed by atoms with Gasteiger partial charge in [0.05, 0.1) is 6.61 Å². The van der Waals surface area contributed by atoms with Crippen LogP contribution in [-0.2, 0) is 12.3 Å². The Morgan fingerprint density at radius 3 is 2.82 bits per heavy atom. The summed E-state index contributed by atoms with van der Waals surface area (Å²) >= 11 is 1.43. The molecule has 5 heteroatoms. The molecule has 0 aromatic heterocycles. The maximum atomic E-state index is 5.69. The van der Waals surface area contributed by atoms with Gasteiger partial charge in [0.2, 0.25) is 0 Å². The fourth-order valence-electron chi connectivity index (χ4n) is 1.39. The molecule has 0 amide bonds. The Kier molecular flexibility index (Phi) is 5.86. The van der Waals surface area contributed by atoms with E-state index in [0.717, 1.165) is 17.1 Å². The van der Waals surface area contributed by atoms with Gasteiger partial charge in [-0.05, 0) is 43.5 Å². The largest absolute Gasteiger partial charge is 0.494 e. The Hall–Kier alpha value is -1.20. The fraction of sp³-hybridized carbons (Fsp3) is 0.417. The average molecular weight is 253 g/mol. The van der Waals surface area contributed by atoms with Crippen LogP contribution in [0.3, 0.4) is 0 Å². The van der Waals surface area contributed by atoms with Gasteiger partial charge in [-0.3, -0.25) is 0 Å². The van der Waals surface area contributed by atoms with E-state index in [9.17, 15) is 0 Å². The second-order valence-electron chi connectivity index (χ2n) is 3.59. The SMILES string of the molecule is CCOc1ccc(CS/N=C(/C)N)cc1CN. The van der Waals surface area contributed by atoms with Crippen LogP contribution >= 0.6 is 11.9 Å². The molecular formula is C12H19N3OS. The van der Waals surface area contributed by atoms with Crippen LogP contribution in [0.15, 0.2) is 22.6 Å². The molecule has 0 fully saturated rings. The zero-order chi connectivity index (χ0) is 12.7. The van der Waals surface area contributed by atoms with Crippen molar-refractivity contribution in [3.05, 3.63) is 29.3 Å². The minimum atomic E-state index is 0.479. The van der Waals surface area contributed by atoms with Gasteiger partial charge in [0.15, 0.2) is 0 Å². The molecule has 0 bridgehead atoms. The van der Waals surface area contributed by atoms with E-state index in [0.29, 0.717) is 19.0 Å². The van der Waals surface area contributed by atoms with Crippen molar-refractivity contribution in [2.45, 2.75) is 26.1 Å². The van der Waals surface area contributed by atoms with Gasteiger partial charge >= 0.3 is 0 Å². The molecule has 0 aliphatic carbocycles. The molecule has 0 atom stereocenters. The van der Waals surface area contributed by atoms with Crippen molar-refractivity contribution in [3.8, 4) is 5.75 Å². The molecule has 1 aromatic rings. The van der Waals surface area contributed by atoms with Crippen LogP contribution in [0.1, 0.15) is 25.0 Å². The van der Waals surface area contributed by atoms with E-state index in [1.54, 1.807) is 6.92 Å². The maximum Gasteiger partial charge on any atom is 0.123 e. The third-order valence-corrected chi connectivity index (χ3v) is 2.96. The van der Waals surface area contributed by atoms with E-state index in [4.69, 9.17) is 16.2 Å². The van der Waals surface area contributed by atoms with Crippen LogP contribution in [0.25, 0.3) is 0 Å². The minimum absolute atomic E-state index is 0.479. The van der Waals surface area contributed by atoms with Crippen LogP contribution in [0.2, 0.25) is 0 Å². The van der Waals surface area contributed by atoms with Crippen molar-refractivity contribution in [1.82, 2.24) is 0 Å². The Bertz CT molecular complexity index is 389. The first-order chi connectivity index (χ1) is 8.17. The summed E-state index contributed by atoms with van der Waals surface area (Å²) in [5.41, 5.74) is 13.4. The molecule has 4 N–H and O–H groups in total. The molecule has 0 spiro atoms. The Morgan fingerprint density at radius 2 is 2.24 bits per heavy atom. The van der Waals surface area contributed by atoms with Gasteiger partial charge in [0.25, 0.3) is 0 Å². The molecule has 17 heavy (non-hydrogen) atoms. The Labute approximate surface area is 107 Å². The van der Waals surface area contributed by atoms with Crippen molar-refractivity contribution in [2.75, 3.05) is 6.61 Å². The summed E-state index contributed by atoms with van der Waals surface area (Å²) < 4.78 is 9.57. The van der Waals surface area contributed by atoms with Gasteiger partial charge < -0.3 is 16.2 Å². The molecule has 0 radical (unpaired) electrons. The standard InChI is InChI=1S/C12H19N3OS/c1-3-16-12-5-4-10(6-11(12)7-13)8-17-15-9(2)14/h4-6H,3,7-8,13H2,1-2H3,(H2,14,15). The monoisotopic (exact) mass is 253 g/mol. The second kappa shape index (κ2) is 7.19. The fourth-order valence-corrected chi connectivity index (χ4v) is 1.98. The van der Waals surface area contributed by atoms with E-state index >= 15 is 0 Å². The van der Waals surface area contributed by atoms with Crippen molar-refractivity contribution in [1.29, 1.82) is 0 Å². The van der Waals surface area contributed by atoms with E-state index in [2.05, 4.69) is 10.5 Å². The normalized spacial score (nSPS) is 11.6. The van der Waals surface area contributed by atoms with Crippen molar-refractivity contribution >= 4 is 17.8 Å². The zero-order valence-corrected chi connectivity index (χ0v) is 11.1. The van der Waals surface area contributed by atoms with E-state index in [1.807, 2.05) is 19.1 Å². The predicted molar refractivity (Wildman–Crippen MR) is 74.1 cm³/mol. The summed E-state index contributed by atoms with van der Waals surface area (Å²) in [6, 6.07) is 6.04. The lowest BCUT2D eigenvalue weighted by Gasteiger charge is -2.10. The second-order valence-corrected chi connectivity index (χ2v) is 4.31. The highest BCUT2D eigenvalue weighted by atomic mass is 32.2. The lowest BCUT2D eigenvalue weighted by Crippen LogP contribution is -2.04. The molecule has 4 nitrogen and oxygen atoms in total. The molecule has 1 rings (SSSR count). The number of hydrogen-bond acceptors (Lipinski definition) is 4. The van der Waals surface area contributed by atoms with Crippen LogP contribution in [0.4, 0.5) is 0 Å². The Morgan fingerprint density at radius 1 is 1.47 bits per heavy atom. The first-order valence-electron chi connectivity index (χ1n) is 5.54. The smallest absolute Gasteiger partial charge is 0.123 e. The summed E-state index contributed by atoms with van der Waals surface area (Å²) in [6.07, 6.45) is 0. The predicted octanol–water partition coefficient (Wildman–Crippen LogP) is 2.07. The van der Waals surface area contributed by atoms with E-state index in [-0.39, 0.29) is 0 Å². The molecule has 94 valence electrons. The average Bonchev–Trinajstić information content (AvgIpc) is 2.30. The summed E-state index contributed by atoms with van der Waals surface area (Å²) in [7, 11) is 0. The Balaban J connectivity index is 2.72. The third kappa shape index (κ3) is 4.66. The quantitative estimate of drug-likeness (QED) is 0.462. The summed E-state index contributed by atoms with van der Waals surface area (Å²) in [5.74, 6) is 2.23. The van der Waals surface area contributed by atoms with Gasteiger partial charge in [0, 0.05) is 17.9 Å². The lowest BCUT2D eigenvalue weighted by atomic mass is 10.1.